The van der Waals surface area contributed by atoms with Crippen LogP contribution in [0.25, 0.3) is 11.1 Å². The number of pyridine rings is 1. The molecule has 0 saturated carbocycles. The van der Waals surface area contributed by atoms with Crippen LogP contribution in [-0.4, -0.2) is 35.3 Å². The second-order valence-electron chi connectivity index (χ2n) is 5.10. The zero-order chi connectivity index (χ0) is 14.1. The lowest BCUT2D eigenvalue weighted by atomic mass is 10.1. The van der Waals surface area contributed by atoms with Gasteiger partial charge in [0.25, 0.3) is 11.6 Å². The van der Waals surface area contributed by atoms with Gasteiger partial charge in [0, 0.05) is 18.8 Å². The molecule has 0 radical (unpaired) electrons. The minimum absolute atomic E-state index is 0.126. The maximum absolute atomic E-state index is 12.4. The molecule has 0 bridgehead atoms. The molecule has 106 valence electrons. The first-order valence-corrected chi connectivity index (χ1v) is 6.78. The number of nitrogens with one attached hydrogen (secondary N) is 1. The number of rotatable bonds is 3. The minimum atomic E-state index is -0.137. The summed E-state index contributed by atoms with van der Waals surface area (Å²) in [5.41, 5.74) is 2.37. The molecule has 1 aliphatic heterocycles. The van der Waals surface area contributed by atoms with Crippen LogP contribution < -0.4 is 5.32 Å². The second kappa shape index (κ2) is 5.20. The van der Waals surface area contributed by atoms with Crippen molar-refractivity contribution in [3.8, 4) is 0 Å². The molecule has 3 heterocycles. The van der Waals surface area contributed by atoms with E-state index in [-0.39, 0.29) is 12.0 Å². The van der Waals surface area contributed by atoms with Crippen LogP contribution in [0.3, 0.4) is 0 Å². The molecule has 1 aliphatic rings. The van der Waals surface area contributed by atoms with Crippen molar-refractivity contribution in [1.29, 1.82) is 0 Å². The van der Waals surface area contributed by atoms with Gasteiger partial charge in [0.15, 0.2) is 0 Å². The molecule has 1 saturated heterocycles. The first-order chi connectivity index (χ1) is 9.65. The normalized spacial score (nSPS) is 18.6. The molecule has 2 aromatic rings. The summed E-state index contributed by atoms with van der Waals surface area (Å²) in [6.07, 6.45) is 2.18. The van der Waals surface area contributed by atoms with Crippen molar-refractivity contribution in [2.24, 2.45) is 0 Å². The number of carbonyl (C=O) groups is 1. The van der Waals surface area contributed by atoms with E-state index in [1.165, 1.54) is 0 Å². The summed E-state index contributed by atoms with van der Waals surface area (Å²) in [4.78, 5) is 16.6. The van der Waals surface area contributed by atoms with E-state index in [0.717, 1.165) is 25.1 Å². The number of hydrogen-bond acceptors (Lipinski definition) is 5. The minimum Gasteiger partial charge on any atom is -0.376 e. The van der Waals surface area contributed by atoms with E-state index >= 15 is 0 Å². The SMILES string of the molecule is Cc1cc(C(=O)NC[C@H]2CCCO2)c2c(C)noc2n1. The Bertz CT molecular complexity index is 644. The van der Waals surface area contributed by atoms with Gasteiger partial charge >= 0.3 is 0 Å². The zero-order valence-corrected chi connectivity index (χ0v) is 11.6. The van der Waals surface area contributed by atoms with Gasteiger partial charge in [-0.15, -0.1) is 0 Å². The van der Waals surface area contributed by atoms with Gasteiger partial charge in [-0.05, 0) is 32.8 Å². The molecule has 3 rings (SSSR count). The molecule has 20 heavy (non-hydrogen) atoms. The Morgan fingerprint density at radius 3 is 3.10 bits per heavy atom. The van der Waals surface area contributed by atoms with Crippen LogP contribution in [0, 0.1) is 13.8 Å². The number of aromatic nitrogens is 2. The number of hydrogen-bond donors (Lipinski definition) is 1. The molecule has 0 aromatic carbocycles. The van der Waals surface area contributed by atoms with Crippen LogP contribution in [0.2, 0.25) is 0 Å². The van der Waals surface area contributed by atoms with Gasteiger partial charge in [0.2, 0.25) is 0 Å². The van der Waals surface area contributed by atoms with Gasteiger partial charge in [-0.25, -0.2) is 4.98 Å². The molecule has 1 N–H and O–H groups in total. The molecule has 2 aromatic heterocycles. The Hall–Kier alpha value is -1.95. The number of fused-ring (bicyclic) bond motifs is 1. The zero-order valence-electron chi connectivity index (χ0n) is 11.6. The smallest absolute Gasteiger partial charge is 0.258 e. The van der Waals surface area contributed by atoms with Gasteiger partial charge in [-0.3, -0.25) is 4.79 Å². The predicted octanol–water partition coefficient (Wildman–Crippen LogP) is 1.75. The molecule has 6 heteroatoms. The first-order valence-electron chi connectivity index (χ1n) is 6.78. The lowest BCUT2D eigenvalue weighted by Crippen LogP contribution is -2.32. The number of ether oxygens (including phenoxy) is 1. The monoisotopic (exact) mass is 275 g/mol. The van der Waals surface area contributed by atoms with Crippen molar-refractivity contribution >= 4 is 17.0 Å². The highest BCUT2D eigenvalue weighted by atomic mass is 16.5. The third-order valence-electron chi connectivity index (χ3n) is 3.50. The van der Waals surface area contributed by atoms with Crippen LogP contribution in [0.15, 0.2) is 10.6 Å². The average molecular weight is 275 g/mol. The largest absolute Gasteiger partial charge is 0.376 e. The highest BCUT2D eigenvalue weighted by molar-refractivity contribution is 6.06. The number of nitrogens with zero attached hydrogens (tertiary/aromatic N) is 2. The Labute approximate surface area is 116 Å². The van der Waals surface area contributed by atoms with Gasteiger partial charge in [0.05, 0.1) is 22.7 Å². The van der Waals surface area contributed by atoms with Crippen molar-refractivity contribution in [2.75, 3.05) is 13.2 Å². The highest BCUT2D eigenvalue weighted by Gasteiger charge is 2.20. The molecular formula is C14H17N3O3. The lowest BCUT2D eigenvalue weighted by Gasteiger charge is -2.11. The van der Waals surface area contributed by atoms with Crippen LogP contribution in [0.1, 0.15) is 34.6 Å². The third kappa shape index (κ3) is 2.38. The Morgan fingerprint density at radius 2 is 2.35 bits per heavy atom. The first kappa shape index (κ1) is 13.1. The quantitative estimate of drug-likeness (QED) is 0.923. The molecular weight excluding hydrogens is 258 g/mol. The Balaban J connectivity index is 1.84. The predicted molar refractivity (Wildman–Crippen MR) is 72.6 cm³/mol. The fourth-order valence-corrected chi connectivity index (χ4v) is 2.50. The van der Waals surface area contributed by atoms with Crippen molar-refractivity contribution in [1.82, 2.24) is 15.5 Å². The van der Waals surface area contributed by atoms with Crippen LogP contribution in [-0.2, 0) is 4.74 Å². The summed E-state index contributed by atoms with van der Waals surface area (Å²) in [5.74, 6) is -0.137. The van der Waals surface area contributed by atoms with E-state index in [0.29, 0.717) is 28.9 Å². The number of aryl methyl sites for hydroxylation is 2. The Morgan fingerprint density at radius 1 is 1.50 bits per heavy atom. The van der Waals surface area contributed by atoms with E-state index in [1.54, 1.807) is 13.0 Å². The summed E-state index contributed by atoms with van der Waals surface area (Å²) >= 11 is 0. The van der Waals surface area contributed by atoms with Crippen molar-refractivity contribution in [3.05, 3.63) is 23.0 Å². The highest BCUT2D eigenvalue weighted by Crippen LogP contribution is 2.22. The number of amides is 1. The second-order valence-corrected chi connectivity index (χ2v) is 5.10. The fourth-order valence-electron chi connectivity index (χ4n) is 2.50. The van der Waals surface area contributed by atoms with Crippen LogP contribution in [0.4, 0.5) is 0 Å². The molecule has 1 fully saturated rings. The van der Waals surface area contributed by atoms with E-state index < -0.39 is 0 Å². The van der Waals surface area contributed by atoms with E-state index in [9.17, 15) is 4.79 Å². The van der Waals surface area contributed by atoms with Crippen molar-refractivity contribution in [2.45, 2.75) is 32.8 Å². The third-order valence-corrected chi connectivity index (χ3v) is 3.50. The Kier molecular flexibility index (Phi) is 3.40. The summed E-state index contributed by atoms with van der Waals surface area (Å²) in [5, 5.41) is 7.47. The summed E-state index contributed by atoms with van der Waals surface area (Å²) in [6, 6.07) is 1.76. The molecule has 0 aliphatic carbocycles. The number of carbonyl (C=O) groups excluding carboxylic acids is 1. The van der Waals surface area contributed by atoms with Crippen molar-refractivity contribution < 1.29 is 14.1 Å². The molecule has 0 unspecified atom stereocenters. The standard InChI is InChI=1S/C14H17N3O3/c1-8-6-11(12-9(2)17-20-14(12)16-8)13(18)15-7-10-4-3-5-19-10/h6,10H,3-5,7H2,1-2H3,(H,15,18)/t10-/m1/s1. The molecule has 0 spiro atoms. The average Bonchev–Trinajstić information content (AvgIpc) is 3.05. The van der Waals surface area contributed by atoms with Crippen LogP contribution in [0.5, 0.6) is 0 Å². The summed E-state index contributed by atoms with van der Waals surface area (Å²) in [6.45, 7) is 4.95. The maximum Gasteiger partial charge on any atom is 0.258 e. The van der Waals surface area contributed by atoms with E-state index in [1.807, 2.05) is 6.92 Å². The lowest BCUT2D eigenvalue weighted by molar-refractivity contribution is 0.0859. The fraction of sp³-hybridized carbons (Fsp3) is 0.500. The maximum atomic E-state index is 12.4. The summed E-state index contributed by atoms with van der Waals surface area (Å²) < 4.78 is 10.6. The topological polar surface area (TPSA) is 77.2 Å². The van der Waals surface area contributed by atoms with Crippen molar-refractivity contribution in [3.63, 3.8) is 0 Å². The van der Waals surface area contributed by atoms with E-state index in [4.69, 9.17) is 9.26 Å². The summed E-state index contributed by atoms with van der Waals surface area (Å²) in [7, 11) is 0. The van der Waals surface area contributed by atoms with E-state index in [2.05, 4.69) is 15.5 Å². The molecule has 1 atom stereocenters. The van der Waals surface area contributed by atoms with Gasteiger partial charge in [0.1, 0.15) is 0 Å². The van der Waals surface area contributed by atoms with Crippen LogP contribution >= 0.6 is 0 Å². The molecule has 6 nitrogen and oxygen atoms in total. The van der Waals surface area contributed by atoms with Gasteiger partial charge in [-0.1, -0.05) is 5.16 Å². The van der Waals surface area contributed by atoms with Gasteiger partial charge in [-0.2, -0.15) is 0 Å². The molecule has 1 amide bonds. The van der Waals surface area contributed by atoms with Gasteiger partial charge < -0.3 is 14.6 Å².